The van der Waals surface area contributed by atoms with Crippen LogP contribution in [0.25, 0.3) is 0 Å². The molecule has 0 saturated heterocycles. The quantitative estimate of drug-likeness (QED) is 0.738. The highest BCUT2D eigenvalue weighted by Crippen LogP contribution is 2.18. The first-order valence-corrected chi connectivity index (χ1v) is 6.08. The first-order chi connectivity index (χ1) is 8.17. The van der Waals surface area contributed by atoms with Crippen molar-refractivity contribution in [1.29, 1.82) is 0 Å². The van der Waals surface area contributed by atoms with Gasteiger partial charge in [0.15, 0.2) is 0 Å². The van der Waals surface area contributed by atoms with Crippen molar-refractivity contribution in [2.24, 2.45) is 0 Å². The summed E-state index contributed by atoms with van der Waals surface area (Å²) < 4.78 is 5.87. The lowest BCUT2D eigenvalue weighted by molar-refractivity contribution is -0.109. The molecule has 17 heavy (non-hydrogen) atoms. The molecular weight excluding hydrogens is 214 g/mol. The molecule has 0 fully saturated rings. The van der Waals surface area contributed by atoms with Gasteiger partial charge in [-0.25, -0.2) is 0 Å². The van der Waals surface area contributed by atoms with Gasteiger partial charge in [0.05, 0.1) is 6.54 Å². The summed E-state index contributed by atoms with van der Waals surface area (Å²) in [6.07, 6.45) is 2.74. The van der Waals surface area contributed by atoms with Gasteiger partial charge >= 0.3 is 0 Å². The minimum atomic E-state index is 0.0484. The lowest BCUT2D eigenvalue weighted by Gasteiger charge is -2.18. The highest BCUT2D eigenvalue weighted by Gasteiger charge is 2.09. The van der Waals surface area contributed by atoms with Crippen LogP contribution in [0.15, 0.2) is 18.2 Å². The van der Waals surface area contributed by atoms with E-state index in [0.717, 1.165) is 18.6 Å². The predicted octanol–water partition coefficient (Wildman–Crippen LogP) is 2.60. The Morgan fingerprint density at radius 1 is 1.35 bits per heavy atom. The maximum Gasteiger partial charge on any atom is 0.207 e. The second kappa shape index (κ2) is 6.94. The van der Waals surface area contributed by atoms with E-state index in [1.807, 2.05) is 12.1 Å². The van der Waals surface area contributed by atoms with E-state index in [-0.39, 0.29) is 6.10 Å². The molecule has 3 heteroatoms. The van der Waals surface area contributed by atoms with E-state index in [1.165, 1.54) is 11.1 Å². The lowest BCUT2D eigenvalue weighted by atomic mass is 10.1. The number of rotatable bonds is 7. The molecule has 1 aromatic rings. The minimum absolute atomic E-state index is 0.0484. The third-order valence-electron chi connectivity index (χ3n) is 2.82. The molecule has 0 radical (unpaired) electrons. The number of carbonyl (C=O) groups is 1. The molecule has 0 heterocycles. The molecule has 1 aromatic carbocycles. The van der Waals surface area contributed by atoms with Crippen molar-refractivity contribution in [3.63, 3.8) is 0 Å². The number of amides is 1. The summed E-state index contributed by atoms with van der Waals surface area (Å²) in [7, 11) is 0. The molecule has 1 unspecified atom stereocenters. The maximum atomic E-state index is 10.3. The largest absolute Gasteiger partial charge is 0.489 e. The Kier molecular flexibility index (Phi) is 5.53. The standard InChI is InChI=1S/C14H21NO2/c1-4-5-14(9-15-10-16)17-13-7-6-11(2)12(3)8-13/h6-8,10,14H,4-5,9H2,1-3H3,(H,15,16). The number of hydrogen-bond donors (Lipinski definition) is 1. The zero-order valence-electron chi connectivity index (χ0n) is 10.8. The van der Waals surface area contributed by atoms with Crippen LogP contribution in [-0.4, -0.2) is 19.1 Å². The van der Waals surface area contributed by atoms with Crippen molar-refractivity contribution in [3.8, 4) is 5.75 Å². The average molecular weight is 235 g/mol. The SMILES string of the molecule is CCCC(CNC=O)Oc1ccc(C)c(C)c1. The van der Waals surface area contributed by atoms with E-state index in [0.29, 0.717) is 13.0 Å². The van der Waals surface area contributed by atoms with Gasteiger partial charge < -0.3 is 10.1 Å². The summed E-state index contributed by atoms with van der Waals surface area (Å²) in [6.45, 7) is 6.82. The Labute approximate surface area is 103 Å². The summed E-state index contributed by atoms with van der Waals surface area (Å²) in [5.41, 5.74) is 2.48. The van der Waals surface area contributed by atoms with Gasteiger partial charge in [-0.15, -0.1) is 0 Å². The third-order valence-corrected chi connectivity index (χ3v) is 2.82. The highest BCUT2D eigenvalue weighted by molar-refractivity contribution is 5.45. The molecule has 0 saturated carbocycles. The van der Waals surface area contributed by atoms with E-state index in [4.69, 9.17) is 4.74 Å². The number of nitrogens with one attached hydrogen (secondary N) is 1. The van der Waals surface area contributed by atoms with Crippen LogP contribution < -0.4 is 10.1 Å². The molecular formula is C14H21NO2. The molecule has 0 aromatic heterocycles. The molecule has 1 N–H and O–H groups in total. The first-order valence-electron chi connectivity index (χ1n) is 6.08. The van der Waals surface area contributed by atoms with Crippen molar-refractivity contribution in [2.45, 2.75) is 39.7 Å². The van der Waals surface area contributed by atoms with Crippen molar-refractivity contribution in [3.05, 3.63) is 29.3 Å². The molecule has 1 amide bonds. The van der Waals surface area contributed by atoms with Gasteiger partial charge in [-0.05, 0) is 43.5 Å². The van der Waals surface area contributed by atoms with Gasteiger partial charge in [-0.1, -0.05) is 19.4 Å². The highest BCUT2D eigenvalue weighted by atomic mass is 16.5. The number of carbonyl (C=O) groups excluding carboxylic acids is 1. The molecule has 0 aliphatic carbocycles. The monoisotopic (exact) mass is 235 g/mol. The van der Waals surface area contributed by atoms with E-state index < -0.39 is 0 Å². The summed E-state index contributed by atoms with van der Waals surface area (Å²) in [4.78, 5) is 10.3. The fourth-order valence-electron chi connectivity index (χ4n) is 1.68. The predicted molar refractivity (Wildman–Crippen MR) is 69.3 cm³/mol. The van der Waals surface area contributed by atoms with Crippen LogP contribution in [0, 0.1) is 13.8 Å². The van der Waals surface area contributed by atoms with Crippen LogP contribution in [-0.2, 0) is 4.79 Å². The van der Waals surface area contributed by atoms with Crippen LogP contribution >= 0.6 is 0 Å². The van der Waals surface area contributed by atoms with Crippen LogP contribution in [0.3, 0.4) is 0 Å². The van der Waals surface area contributed by atoms with Gasteiger partial charge in [0.2, 0.25) is 6.41 Å². The fourth-order valence-corrected chi connectivity index (χ4v) is 1.68. The van der Waals surface area contributed by atoms with E-state index in [9.17, 15) is 4.79 Å². The van der Waals surface area contributed by atoms with Crippen LogP contribution in [0.2, 0.25) is 0 Å². The lowest BCUT2D eigenvalue weighted by Crippen LogP contribution is -2.30. The molecule has 1 rings (SSSR count). The minimum Gasteiger partial charge on any atom is -0.489 e. The molecule has 94 valence electrons. The summed E-state index contributed by atoms with van der Waals surface area (Å²) in [5, 5.41) is 2.67. The smallest absolute Gasteiger partial charge is 0.207 e. The van der Waals surface area contributed by atoms with Crippen LogP contribution in [0.1, 0.15) is 30.9 Å². The van der Waals surface area contributed by atoms with Gasteiger partial charge in [-0.3, -0.25) is 4.79 Å². The number of aryl methyl sites for hydroxylation is 2. The second-order valence-electron chi connectivity index (χ2n) is 4.30. The zero-order chi connectivity index (χ0) is 12.7. The third kappa shape index (κ3) is 4.47. The number of hydrogen-bond acceptors (Lipinski definition) is 2. The fraction of sp³-hybridized carbons (Fsp3) is 0.500. The molecule has 0 aliphatic heterocycles. The van der Waals surface area contributed by atoms with E-state index in [1.54, 1.807) is 0 Å². The Hall–Kier alpha value is -1.51. The normalized spacial score (nSPS) is 11.9. The van der Waals surface area contributed by atoms with Gasteiger partial charge in [0.1, 0.15) is 11.9 Å². The topological polar surface area (TPSA) is 38.3 Å². The van der Waals surface area contributed by atoms with Gasteiger partial charge in [0, 0.05) is 0 Å². The molecule has 0 bridgehead atoms. The summed E-state index contributed by atoms with van der Waals surface area (Å²) in [6, 6.07) is 6.08. The molecule has 1 atom stereocenters. The summed E-state index contributed by atoms with van der Waals surface area (Å²) >= 11 is 0. The zero-order valence-corrected chi connectivity index (χ0v) is 10.8. The van der Waals surface area contributed by atoms with Crippen molar-refractivity contribution < 1.29 is 9.53 Å². The van der Waals surface area contributed by atoms with Crippen molar-refractivity contribution >= 4 is 6.41 Å². The average Bonchev–Trinajstić information content (AvgIpc) is 2.31. The van der Waals surface area contributed by atoms with Gasteiger partial charge in [-0.2, -0.15) is 0 Å². The number of benzene rings is 1. The molecule has 0 aliphatic rings. The maximum absolute atomic E-state index is 10.3. The second-order valence-corrected chi connectivity index (χ2v) is 4.30. The Balaban J connectivity index is 2.64. The first kappa shape index (κ1) is 13.6. The molecule has 3 nitrogen and oxygen atoms in total. The van der Waals surface area contributed by atoms with Crippen molar-refractivity contribution in [1.82, 2.24) is 5.32 Å². The summed E-state index contributed by atoms with van der Waals surface area (Å²) in [5.74, 6) is 0.874. The Bertz CT molecular complexity index is 363. The van der Waals surface area contributed by atoms with Gasteiger partial charge in [0.25, 0.3) is 0 Å². The van der Waals surface area contributed by atoms with E-state index in [2.05, 4.69) is 32.2 Å². The van der Waals surface area contributed by atoms with Crippen molar-refractivity contribution in [2.75, 3.05) is 6.54 Å². The number of ether oxygens (including phenoxy) is 1. The molecule has 0 spiro atoms. The van der Waals surface area contributed by atoms with Crippen LogP contribution in [0.5, 0.6) is 5.75 Å². The Morgan fingerprint density at radius 2 is 2.12 bits per heavy atom. The van der Waals surface area contributed by atoms with Crippen LogP contribution in [0.4, 0.5) is 0 Å². The Morgan fingerprint density at radius 3 is 2.71 bits per heavy atom. The van der Waals surface area contributed by atoms with E-state index >= 15 is 0 Å².